The molecule has 0 aliphatic heterocycles. The van der Waals surface area contributed by atoms with Crippen molar-refractivity contribution in [2.75, 3.05) is 18.2 Å². The van der Waals surface area contributed by atoms with Crippen molar-refractivity contribution in [3.8, 4) is 11.4 Å². The number of carbonyl (C=O) groups is 1. The highest BCUT2D eigenvalue weighted by atomic mass is 35.5. The Hall–Kier alpha value is -2.58. The number of tetrazole rings is 1. The summed E-state index contributed by atoms with van der Waals surface area (Å²) in [6, 6.07) is 12.8. The Bertz CT molecular complexity index is 947. The molecule has 2 aromatic carbocycles. The third-order valence-electron chi connectivity index (χ3n) is 3.67. The third kappa shape index (κ3) is 4.99. The Morgan fingerprint density at radius 3 is 2.93 bits per heavy atom. The average Bonchev–Trinajstić information content (AvgIpc) is 3.10. The van der Waals surface area contributed by atoms with E-state index < -0.39 is 0 Å². The van der Waals surface area contributed by atoms with Gasteiger partial charge in [0.05, 0.1) is 7.11 Å². The van der Waals surface area contributed by atoms with Gasteiger partial charge in [-0.15, -0.1) is 5.10 Å². The minimum Gasteiger partial charge on any atom is -0.494 e. The third-order valence-corrected chi connectivity index (χ3v) is 4.83. The van der Waals surface area contributed by atoms with E-state index in [2.05, 4.69) is 20.8 Å². The molecule has 1 heterocycles. The van der Waals surface area contributed by atoms with Crippen molar-refractivity contribution in [2.45, 2.75) is 18.5 Å². The Balaban J connectivity index is 1.62. The zero-order valence-electron chi connectivity index (χ0n) is 14.8. The Kier molecular flexibility index (Phi) is 6.31. The van der Waals surface area contributed by atoms with Gasteiger partial charge in [0.25, 0.3) is 0 Å². The van der Waals surface area contributed by atoms with Crippen LogP contribution in [0.3, 0.4) is 0 Å². The van der Waals surface area contributed by atoms with E-state index in [-0.39, 0.29) is 5.91 Å². The van der Waals surface area contributed by atoms with E-state index in [1.807, 2.05) is 25.1 Å². The van der Waals surface area contributed by atoms with Gasteiger partial charge in [0.15, 0.2) is 0 Å². The summed E-state index contributed by atoms with van der Waals surface area (Å²) in [5, 5.41) is 15.8. The van der Waals surface area contributed by atoms with Crippen LogP contribution in [0.2, 0.25) is 5.02 Å². The SMILES string of the molecule is COc1ccc(C)cc1-n1nnnc1SCCC(=O)Nc1cccc(Cl)c1. The van der Waals surface area contributed by atoms with Gasteiger partial charge in [0.1, 0.15) is 11.4 Å². The van der Waals surface area contributed by atoms with Crippen LogP contribution in [0.25, 0.3) is 5.69 Å². The highest BCUT2D eigenvalue weighted by Gasteiger charge is 2.14. The van der Waals surface area contributed by atoms with Crippen LogP contribution in [0, 0.1) is 6.92 Å². The predicted octanol–water partition coefficient (Wildman–Crippen LogP) is 3.75. The summed E-state index contributed by atoms with van der Waals surface area (Å²) < 4.78 is 7.01. The normalized spacial score (nSPS) is 10.6. The fourth-order valence-electron chi connectivity index (χ4n) is 2.41. The van der Waals surface area contributed by atoms with Crippen LogP contribution >= 0.6 is 23.4 Å². The number of thioether (sulfide) groups is 1. The topological polar surface area (TPSA) is 81.9 Å². The molecule has 7 nitrogen and oxygen atoms in total. The summed E-state index contributed by atoms with van der Waals surface area (Å²) in [7, 11) is 1.60. The maximum Gasteiger partial charge on any atom is 0.225 e. The quantitative estimate of drug-likeness (QED) is 0.605. The van der Waals surface area contributed by atoms with Crippen LogP contribution in [0.1, 0.15) is 12.0 Å². The number of methoxy groups -OCH3 is 1. The van der Waals surface area contributed by atoms with Crippen molar-refractivity contribution >= 4 is 35.0 Å². The first kappa shape index (κ1) is 19.2. The van der Waals surface area contributed by atoms with Crippen LogP contribution in [-0.2, 0) is 4.79 Å². The molecule has 0 atom stereocenters. The first-order valence-electron chi connectivity index (χ1n) is 8.18. The lowest BCUT2D eigenvalue weighted by molar-refractivity contribution is -0.115. The van der Waals surface area contributed by atoms with Crippen molar-refractivity contribution < 1.29 is 9.53 Å². The first-order chi connectivity index (χ1) is 13.1. The second kappa shape index (κ2) is 8.88. The fraction of sp³-hybridized carbons (Fsp3) is 0.222. The number of ether oxygens (including phenoxy) is 1. The van der Waals surface area contributed by atoms with E-state index >= 15 is 0 Å². The van der Waals surface area contributed by atoms with Crippen molar-refractivity contribution in [3.05, 3.63) is 53.1 Å². The van der Waals surface area contributed by atoms with Crippen molar-refractivity contribution in [1.82, 2.24) is 20.2 Å². The van der Waals surface area contributed by atoms with Crippen molar-refractivity contribution in [2.24, 2.45) is 0 Å². The number of anilines is 1. The number of rotatable bonds is 7. The molecule has 0 aliphatic rings. The monoisotopic (exact) mass is 403 g/mol. The van der Waals surface area contributed by atoms with E-state index in [0.717, 1.165) is 11.3 Å². The van der Waals surface area contributed by atoms with E-state index in [9.17, 15) is 4.79 Å². The molecule has 140 valence electrons. The van der Waals surface area contributed by atoms with Crippen LogP contribution in [-0.4, -0.2) is 39.0 Å². The molecular formula is C18H18ClN5O2S. The van der Waals surface area contributed by atoms with Crippen molar-refractivity contribution in [3.63, 3.8) is 0 Å². The summed E-state index contributed by atoms with van der Waals surface area (Å²) in [4.78, 5) is 12.1. The van der Waals surface area contributed by atoms with E-state index in [1.165, 1.54) is 11.8 Å². The van der Waals surface area contributed by atoms with Gasteiger partial charge in [-0.05, 0) is 53.2 Å². The number of amides is 1. The number of aryl methyl sites for hydroxylation is 1. The number of carbonyl (C=O) groups excluding carboxylic acids is 1. The summed E-state index contributed by atoms with van der Waals surface area (Å²) in [6.07, 6.45) is 0.314. The smallest absolute Gasteiger partial charge is 0.225 e. The molecule has 27 heavy (non-hydrogen) atoms. The van der Waals surface area contributed by atoms with Gasteiger partial charge >= 0.3 is 0 Å². The molecule has 1 amide bonds. The maximum absolute atomic E-state index is 12.1. The highest BCUT2D eigenvalue weighted by Crippen LogP contribution is 2.27. The molecule has 3 aromatic rings. The van der Waals surface area contributed by atoms with Gasteiger partial charge < -0.3 is 10.1 Å². The second-order valence-electron chi connectivity index (χ2n) is 5.71. The predicted molar refractivity (Wildman–Crippen MR) is 106 cm³/mol. The molecule has 0 unspecified atom stereocenters. The fourth-order valence-corrected chi connectivity index (χ4v) is 3.42. The lowest BCUT2D eigenvalue weighted by Gasteiger charge is -2.10. The molecule has 1 aromatic heterocycles. The zero-order valence-corrected chi connectivity index (χ0v) is 16.4. The van der Waals surface area contributed by atoms with Crippen LogP contribution in [0.4, 0.5) is 5.69 Å². The molecule has 0 aliphatic carbocycles. The lowest BCUT2D eigenvalue weighted by Crippen LogP contribution is -2.12. The van der Waals surface area contributed by atoms with E-state index in [4.69, 9.17) is 16.3 Å². The number of benzene rings is 2. The molecule has 0 saturated carbocycles. The number of halogens is 1. The molecule has 0 saturated heterocycles. The molecule has 0 bridgehead atoms. The lowest BCUT2D eigenvalue weighted by atomic mass is 10.2. The summed E-state index contributed by atoms with van der Waals surface area (Å²) in [5.41, 5.74) is 2.50. The number of nitrogens with zero attached hydrogens (tertiary/aromatic N) is 4. The minimum absolute atomic E-state index is 0.100. The molecule has 3 rings (SSSR count). The Morgan fingerprint density at radius 1 is 1.30 bits per heavy atom. The summed E-state index contributed by atoms with van der Waals surface area (Å²) in [6.45, 7) is 1.99. The van der Waals surface area contributed by atoms with Crippen molar-refractivity contribution in [1.29, 1.82) is 0 Å². The number of hydrogen-bond donors (Lipinski definition) is 1. The Labute approximate surface area is 166 Å². The van der Waals surface area contributed by atoms with Gasteiger partial charge in [-0.2, -0.15) is 4.68 Å². The number of nitrogens with one attached hydrogen (secondary N) is 1. The van der Waals surface area contributed by atoms with Gasteiger partial charge in [-0.1, -0.05) is 35.5 Å². The zero-order chi connectivity index (χ0) is 19.2. The summed E-state index contributed by atoms with van der Waals surface area (Å²) in [5.74, 6) is 1.10. The average molecular weight is 404 g/mol. The molecule has 1 N–H and O–H groups in total. The Morgan fingerprint density at radius 2 is 2.15 bits per heavy atom. The van der Waals surface area contributed by atoms with Crippen LogP contribution < -0.4 is 10.1 Å². The second-order valence-corrected chi connectivity index (χ2v) is 7.20. The van der Waals surface area contributed by atoms with E-state index in [0.29, 0.717) is 33.8 Å². The first-order valence-corrected chi connectivity index (χ1v) is 9.55. The van der Waals surface area contributed by atoms with Crippen LogP contribution in [0.5, 0.6) is 5.75 Å². The molecule has 9 heteroatoms. The standard InChI is InChI=1S/C18H18ClN5O2S/c1-12-6-7-16(26-2)15(10-12)24-18(21-22-23-24)27-9-8-17(25)20-14-5-3-4-13(19)11-14/h3-7,10-11H,8-9H2,1-2H3,(H,20,25). The molecule has 0 radical (unpaired) electrons. The summed E-state index contributed by atoms with van der Waals surface area (Å²) >= 11 is 7.32. The van der Waals surface area contributed by atoms with Gasteiger partial charge in [-0.25, -0.2) is 0 Å². The maximum atomic E-state index is 12.1. The number of hydrogen-bond acceptors (Lipinski definition) is 6. The molecule has 0 fully saturated rings. The molecule has 0 spiro atoms. The van der Waals surface area contributed by atoms with Gasteiger partial charge in [-0.3, -0.25) is 4.79 Å². The van der Waals surface area contributed by atoms with Crippen LogP contribution in [0.15, 0.2) is 47.6 Å². The molecular weight excluding hydrogens is 386 g/mol. The number of aromatic nitrogens is 4. The van der Waals surface area contributed by atoms with Gasteiger partial charge in [0.2, 0.25) is 11.1 Å². The highest BCUT2D eigenvalue weighted by molar-refractivity contribution is 7.99. The van der Waals surface area contributed by atoms with Gasteiger partial charge in [0, 0.05) is 22.9 Å². The minimum atomic E-state index is -0.100. The largest absolute Gasteiger partial charge is 0.494 e. The van der Waals surface area contributed by atoms with E-state index in [1.54, 1.807) is 36.1 Å².